The molecule has 5 heteroatoms. The number of hydrogen-bond acceptors (Lipinski definition) is 3. The number of para-hydroxylation sites is 1. The summed E-state index contributed by atoms with van der Waals surface area (Å²) in [6, 6.07) is 10.0. The molecule has 2 heterocycles. The first-order chi connectivity index (χ1) is 9.22. The van der Waals surface area contributed by atoms with Gasteiger partial charge >= 0.3 is 0 Å². The predicted molar refractivity (Wildman–Crippen MR) is 79.2 cm³/mol. The van der Waals surface area contributed by atoms with Crippen LogP contribution in [0.3, 0.4) is 0 Å². The molecule has 1 aromatic carbocycles. The second kappa shape index (κ2) is 5.01. The van der Waals surface area contributed by atoms with Crippen molar-refractivity contribution in [2.24, 2.45) is 0 Å². The lowest BCUT2D eigenvalue weighted by Crippen LogP contribution is -2.02. The summed E-state index contributed by atoms with van der Waals surface area (Å²) in [5.41, 5.74) is 4.01. The first kappa shape index (κ1) is 12.2. The molecule has 1 N–H and O–H groups in total. The number of benzene rings is 1. The van der Waals surface area contributed by atoms with Gasteiger partial charge in [0, 0.05) is 40.7 Å². The summed E-state index contributed by atoms with van der Waals surface area (Å²) in [6.45, 7) is 2.68. The molecule has 0 fully saturated rings. The van der Waals surface area contributed by atoms with Crippen molar-refractivity contribution < 1.29 is 0 Å². The molecule has 0 aliphatic heterocycles. The maximum atomic E-state index is 4.39. The molecule has 0 saturated heterocycles. The molecule has 0 bridgehead atoms. The molecule has 0 spiro atoms. The van der Waals surface area contributed by atoms with E-state index in [1.54, 1.807) is 0 Å². The quantitative estimate of drug-likeness (QED) is 0.805. The Morgan fingerprint density at radius 3 is 3.00 bits per heavy atom. The Kier molecular flexibility index (Phi) is 3.21. The molecule has 0 saturated carbocycles. The fraction of sp³-hybridized carbons (Fsp3) is 0.143. The average molecular weight is 317 g/mol. The topological polar surface area (TPSA) is 42.2 Å². The molecule has 96 valence electrons. The molecule has 3 rings (SSSR count). The number of hydrogen-bond donors (Lipinski definition) is 1. The van der Waals surface area contributed by atoms with Gasteiger partial charge in [-0.25, -0.2) is 9.50 Å². The summed E-state index contributed by atoms with van der Waals surface area (Å²) >= 11 is 3.52. The van der Waals surface area contributed by atoms with E-state index < -0.39 is 0 Å². The predicted octanol–water partition coefficient (Wildman–Crippen LogP) is 3.41. The van der Waals surface area contributed by atoms with Gasteiger partial charge in [-0.3, -0.25) is 0 Å². The lowest BCUT2D eigenvalue weighted by Gasteiger charge is -2.08. The summed E-state index contributed by atoms with van der Waals surface area (Å²) in [4.78, 5) is 4.39. The summed E-state index contributed by atoms with van der Waals surface area (Å²) in [7, 11) is 0. The Labute approximate surface area is 119 Å². The maximum Gasteiger partial charge on any atom is 0.155 e. The van der Waals surface area contributed by atoms with Gasteiger partial charge in [0.15, 0.2) is 5.65 Å². The number of halogens is 1. The zero-order valence-electron chi connectivity index (χ0n) is 10.5. The van der Waals surface area contributed by atoms with Crippen LogP contribution < -0.4 is 5.32 Å². The van der Waals surface area contributed by atoms with E-state index in [2.05, 4.69) is 31.3 Å². The summed E-state index contributed by atoms with van der Waals surface area (Å²) in [5, 5.41) is 7.74. The Hall–Kier alpha value is -1.88. The lowest BCUT2D eigenvalue weighted by atomic mass is 10.3. The van der Waals surface area contributed by atoms with Crippen LogP contribution in [0, 0.1) is 6.92 Å². The minimum absolute atomic E-state index is 0.713. The molecule has 0 radical (unpaired) electrons. The molecular weight excluding hydrogens is 304 g/mol. The fourth-order valence-corrected chi connectivity index (χ4v) is 2.35. The normalized spacial score (nSPS) is 10.8. The minimum Gasteiger partial charge on any atom is -0.380 e. The third-order valence-corrected chi connectivity index (χ3v) is 3.54. The van der Waals surface area contributed by atoms with Crippen molar-refractivity contribution in [3.63, 3.8) is 0 Å². The van der Waals surface area contributed by atoms with Crippen LogP contribution in [0.4, 0.5) is 5.69 Å². The van der Waals surface area contributed by atoms with Gasteiger partial charge in [-0.1, -0.05) is 12.1 Å². The Morgan fingerprint density at radius 2 is 2.16 bits per heavy atom. The Balaban J connectivity index is 1.80. The van der Waals surface area contributed by atoms with E-state index in [0.29, 0.717) is 6.54 Å². The van der Waals surface area contributed by atoms with Crippen molar-refractivity contribution in [2.45, 2.75) is 13.5 Å². The average Bonchev–Trinajstić information content (AvgIpc) is 2.77. The van der Waals surface area contributed by atoms with Crippen molar-refractivity contribution >= 4 is 27.3 Å². The number of aryl methyl sites for hydroxylation is 1. The highest BCUT2D eigenvalue weighted by molar-refractivity contribution is 9.10. The molecular formula is C14H13BrN4. The van der Waals surface area contributed by atoms with Crippen LogP contribution in [0.5, 0.6) is 0 Å². The minimum atomic E-state index is 0.713. The highest BCUT2D eigenvalue weighted by atomic mass is 79.9. The standard InChI is InChI=1S/C14H13BrN4/c1-10-6-14-17-8-11(9-19(14)18-10)7-16-13-5-3-2-4-12(13)15/h2-6,8-9,16H,7H2,1H3. The monoisotopic (exact) mass is 316 g/mol. The van der Waals surface area contributed by atoms with Gasteiger partial charge < -0.3 is 5.32 Å². The van der Waals surface area contributed by atoms with Crippen LogP contribution in [0.2, 0.25) is 0 Å². The van der Waals surface area contributed by atoms with Gasteiger partial charge in [0.1, 0.15) is 0 Å². The fourth-order valence-electron chi connectivity index (χ4n) is 1.93. The van der Waals surface area contributed by atoms with Gasteiger partial charge in [0.25, 0.3) is 0 Å². The summed E-state index contributed by atoms with van der Waals surface area (Å²) < 4.78 is 2.87. The first-order valence-electron chi connectivity index (χ1n) is 6.02. The van der Waals surface area contributed by atoms with E-state index in [0.717, 1.165) is 27.1 Å². The van der Waals surface area contributed by atoms with E-state index >= 15 is 0 Å². The van der Waals surface area contributed by atoms with Crippen molar-refractivity contribution in [3.05, 3.63) is 58.5 Å². The summed E-state index contributed by atoms with van der Waals surface area (Å²) in [5.74, 6) is 0. The van der Waals surface area contributed by atoms with Crippen LogP contribution in [0.15, 0.2) is 47.2 Å². The third kappa shape index (κ3) is 2.61. The van der Waals surface area contributed by atoms with Gasteiger partial charge in [-0.2, -0.15) is 5.10 Å². The number of fused-ring (bicyclic) bond motifs is 1. The number of rotatable bonds is 3. The highest BCUT2D eigenvalue weighted by Gasteiger charge is 2.02. The molecule has 0 unspecified atom stereocenters. The molecule has 0 aliphatic rings. The van der Waals surface area contributed by atoms with Crippen molar-refractivity contribution in [3.8, 4) is 0 Å². The van der Waals surface area contributed by atoms with Crippen LogP contribution in [-0.4, -0.2) is 14.6 Å². The molecule has 0 atom stereocenters. The van der Waals surface area contributed by atoms with Crippen molar-refractivity contribution in [1.29, 1.82) is 0 Å². The van der Waals surface area contributed by atoms with Crippen molar-refractivity contribution in [1.82, 2.24) is 14.6 Å². The Morgan fingerprint density at radius 1 is 1.32 bits per heavy atom. The van der Waals surface area contributed by atoms with Crippen molar-refractivity contribution in [2.75, 3.05) is 5.32 Å². The molecule has 3 aromatic rings. The van der Waals surface area contributed by atoms with E-state index in [1.165, 1.54) is 0 Å². The van der Waals surface area contributed by atoms with Gasteiger partial charge in [-0.05, 0) is 35.0 Å². The number of nitrogens with zero attached hydrogens (tertiary/aromatic N) is 3. The SMILES string of the molecule is Cc1cc2ncc(CNc3ccccc3Br)cn2n1. The number of anilines is 1. The maximum absolute atomic E-state index is 4.39. The van der Waals surface area contributed by atoms with E-state index in [1.807, 2.05) is 54.2 Å². The smallest absolute Gasteiger partial charge is 0.155 e. The van der Waals surface area contributed by atoms with Crippen LogP contribution >= 0.6 is 15.9 Å². The van der Waals surface area contributed by atoms with Crippen LogP contribution in [0.25, 0.3) is 5.65 Å². The zero-order chi connectivity index (χ0) is 13.2. The van der Waals surface area contributed by atoms with Gasteiger partial charge in [0.05, 0.1) is 5.69 Å². The second-order valence-corrected chi connectivity index (χ2v) is 5.24. The van der Waals surface area contributed by atoms with E-state index in [4.69, 9.17) is 0 Å². The van der Waals surface area contributed by atoms with Gasteiger partial charge in [-0.15, -0.1) is 0 Å². The van der Waals surface area contributed by atoms with Crippen LogP contribution in [0.1, 0.15) is 11.3 Å². The first-order valence-corrected chi connectivity index (χ1v) is 6.81. The molecule has 4 nitrogen and oxygen atoms in total. The summed E-state index contributed by atoms with van der Waals surface area (Å²) in [6.07, 6.45) is 3.87. The number of aromatic nitrogens is 3. The lowest BCUT2D eigenvalue weighted by molar-refractivity contribution is 0.895. The van der Waals surface area contributed by atoms with E-state index in [9.17, 15) is 0 Å². The molecule has 2 aromatic heterocycles. The molecule has 19 heavy (non-hydrogen) atoms. The third-order valence-electron chi connectivity index (χ3n) is 2.85. The zero-order valence-corrected chi connectivity index (χ0v) is 12.1. The van der Waals surface area contributed by atoms with Gasteiger partial charge in [0.2, 0.25) is 0 Å². The molecule has 0 amide bonds. The highest BCUT2D eigenvalue weighted by Crippen LogP contribution is 2.21. The van der Waals surface area contributed by atoms with E-state index in [-0.39, 0.29) is 0 Å². The number of nitrogens with one attached hydrogen (secondary N) is 1. The Bertz CT molecular complexity index is 720. The largest absolute Gasteiger partial charge is 0.380 e. The molecule has 0 aliphatic carbocycles. The van der Waals surface area contributed by atoms with Crippen LogP contribution in [-0.2, 0) is 6.54 Å². The second-order valence-electron chi connectivity index (χ2n) is 4.38.